The van der Waals surface area contributed by atoms with Crippen molar-refractivity contribution in [3.63, 3.8) is 0 Å². The third kappa shape index (κ3) is 5.27. The minimum atomic E-state index is -0.223. The van der Waals surface area contributed by atoms with Crippen molar-refractivity contribution in [2.45, 2.75) is 13.0 Å². The van der Waals surface area contributed by atoms with Gasteiger partial charge in [-0.2, -0.15) is 0 Å². The number of nitrogens with zero attached hydrogens (tertiary/aromatic N) is 2. The molecule has 2 N–H and O–H groups in total. The van der Waals surface area contributed by atoms with E-state index in [1.165, 1.54) is 0 Å². The molecule has 23 heavy (non-hydrogen) atoms. The lowest BCUT2D eigenvalue weighted by Gasteiger charge is -2.32. The molecule has 0 aliphatic carbocycles. The SMILES string of the molecule is C[C@H](CNC(=O)Nc1ccc(N(C)C)c(Cl)c1)N1CCOCC1. The van der Waals surface area contributed by atoms with E-state index in [2.05, 4.69) is 22.5 Å². The third-order valence-electron chi connectivity index (χ3n) is 3.91. The Bertz CT molecular complexity index is 533. The van der Waals surface area contributed by atoms with Gasteiger partial charge in [-0.05, 0) is 25.1 Å². The number of carbonyl (C=O) groups is 1. The number of anilines is 2. The van der Waals surface area contributed by atoms with E-state index >= 15 is 0 Å². The Labute approximate surface area is 142 Å². The molecule has 1 aromatic rings. The first kappa shape index (κ1) is 17.8. The zero-order valence-corrected chi connectivity index (χ0v) is 14.7. The standard InChI is InChI=1S/C16H25ClN4O2/c1-12(21-6-8-23-9-7-21)11-18-16(22)19-13-4-5-15(20(2)3)14(17)10-13/h4-5,10,12H,6-9,11H2,1-3H3,(H2,18,19,22)/t12-/m1/s1. The molecule has 1 atom stereocenters. The van der Waals surface area contributed by atoms with Gasteiger partial charge in [0.2, 0.25) is 0 Å². The monoisotopic (exact) mass is 340 g/mol. The summed E-state index contributed by atoms with van der Waals surface area (Å²) in [5.74, 6) is 0. The van der Waals surface area contributed by atoms with Crippen LogP contribution in [0.3, 0.4) is 0 Å². The largest absolute Gasteiger partial charge is 0.379 e. The average molecular weight is 341 g/mol. The molecule has 2 amide bonds. The summed E-state index contributed by atoms with van der Waals surface area (Å²) in [5.41, 5.74) is 1.59. The Morgan fingerprint density at radius 2 is 2.09 bits per heavy atom. The Morgan fingerprint density at radius 1 is 1.39 bits per heavy atom. The minimum Gasteiger partial charge on any atom is -0.379 e. The van der Waals surface area contributed by atoms with Gasteiger partial charge in [0, 0.05) is 45.5 Å². The molecule has 1 fully saturated rings. The number of urea groups is 1. The number of nitrogens with one attached hydrogen (secondary N) is 2. The maximum Gasteiger partial charge on any atom is 0.319 e. The quantitative estimate of drug-likeness (QED) is 0.863. The molecule has 1 aliphatic rings. The van der Waals surface area contributed by atoms with Crippen LogP contribution in [0.2, 0.25) is 5.02 Å². The highest BCUT2D eigenvalue weighted by molar-refractivity contribution is 6.33. The van der Waals surface area contributed by atoms with E-state index in [1.54, 1.807) is 6.07 Å². The van der Waals surface area contributed by atoms with Crippen molar-refractivity contribution in [1.82, 2.24) is 10.2 Å². The summed E-state index contributed by atoms with van der Waals surface area (Å²) in [6, 6.07) is 5.53. The maximum absolute atomic E-state index is 12.0. The number of halogens is 1. The van der Waals surface area contributed by atoms with Gasteiger partial charge in [0.15, 0.2) is 0 Å². The normalized spacial score (nSPS) is 16.7. The number of amides is 2. The second-order valence-electron chi connectivity index (χ2n) is 5.89. The fraction of sp³-hybridized carbons (Fsp3) is 0.562. The van der Waals surface area contributed by atoms with Gasteiger partial charge in [0.1, 0.15) is 0 Å². The highest BCUT2D eigenvalue weighted by Crippen LogP contribution is 2.27. The summed E-state index contributed by atoms with van der Waals surface area (Å²) in [6.45, 7) is 6.03. The smallest absolute Gasteiger partial charge is 0.319 e. The first-order valence-corrected chi connectivity index (χ1v) is 8.18. The second-order valence-corrected chi connectivity index (χ2v) is 6.30. The molecule has 1 heterocycles. The van der Waals surface area contributed by atoms with Crippen LogP contribution in [0.1, 0.15) is 6.92 Å². The average Bonchev–Trinajstić information content (AvgIpc) is 2.53. The Hall–Kier alpha value is -1.50. The first-order valence-electron chi connectivity index (χ1n) is 7.81. The molecule has 1 saturated heterocycles. The zero-order chi connectivity index (χ0) is 16.8. The van der Waals surface area contributed by atoms with E-state index in [0.717, 1.165) is 32.0 Å². The number of morpholine rings is 1. The Morgan fingerprint density at radius 3 is 2.70 bits per heavy atom. The van der Waals surface area contributed by atoms with E-state index in [0.29, 0.717) is 17.3 Å². The molecule has 1 aromatic carbocycles. The van der Waals surface area contributed by atoms with Crippen molar-refractivity contribution in [1.29, 1.82) is 0 Å². The Balaban J connectivity index is 1.81. The summed E-state index contributed by atoms with van der Waals surface area (Å²) in [7, 11) is 3.85. The molecule has 0 saturated carbocycles. The Kier molecular flexibility index (Phi) is 6.50. The van der Waals surface area contributed by atoms with Gasteiger partial charge in [-0.25, -0.2) is 4.79 Å². The van der Waals surface area contributed by atoms with Gasteiger partial charge >= 0.3 is 6.03 Å². The predicted octanol–water partition coefficient (Wildman–Crippen LogP) is 2.25. The fourth-order valence-electron chi connectivity index (χ4n) is 2.51. The van der Waals surface area contributed by atoms with Crippen molar-refractivity contribution in [3.8, 4) is 0 Å². The molecule has 2 rings (SSSR count). The van der Waals surface area contributed by atoms with Crippen LogP contribution >= 0.6 is 11.6 Å². The molecule has 1 aliphatic heterocycles. The summed E-state index contributed by atoms with van der Waals surface area (Å²) < 4.78 is 5.33. The molecule has 0 spiro atoms. The van der Waals surface area contributed by atoms with E-state index in [9.17, 15) is 4.79 Å². The van der Waals surface area contributed by atoms with E-state index < -0.39 is 0 Å². The molecule has 128 valence electrons. The summed E-state index contributed by atoms with van der Waals surface area (Å²) in [5, 5.41) is 6.32. The lowest BCUT2D eigenvalue weighted by Crippen LogP contribution is -2.47. The van der Waals surface area contributed by atoms with Crippen LogP contribution < -0.4 is 15.5 Å². The van der Waals surface area contributed by atoms with Gasteiger partial charge < -0.3 is 20.3 Å². The summed E-state index contributed by atoms with van der Waals surface area (Å²) in [6.07, 6.45) is 0. The lowest BCUT2D eigenvalue weighted by atomic mass is 10.2. The van der Waals surface area contributed by atoms with Crippen LogP contribution in [0.25, 0.3) is 0 Å². The van der Waals surface area contributed by atoms with E-state index in [-0.39, 0.29) is 12.1 Å². The van der Waals surface area contributed by atoms with Gasteiger partial charge in [-0.3, -0.25) is 4.90 Å². The van der Waals surface area contributed by atoms with Gasteiger partial charge in [0.05, 0.1) is 23.9 Å². The van der Waals surface area contributed by atoms with Gasteiger partial charge in [-0.15, -0.1) is 0 Å². The van der Waals surface area contributed by atoms with Gasteiger partial charge in [0.25, 0.3) is 0 Å². The van der Waals surface area contributed by atoms with Crippen LogP contribution in [0.5, 0.6) is 0 Å². The molecule has 0 bridgehead atoms. The molecule has 0 unspecified atom stereocenters. The van der Waals surface area contributed by atoms with E-state index in [1.807, 2.05) is 31.1 Å². The number of rotatable bonds is 5. The fourth-order valence-corrected chi connectivity index (χ4v) is 2.86. The number of benzene rings is 1. The van der Waals surface area contributed by atoms with Crippen molar-refractivity contribution < 1.29 is 9.53 Å². The third-order valence-corrected chi connectivity index (χ3v) is 4.22. The number of carbonyl (C=O) groups excluding carboxylic acids is 1. The molecular formula is C16H25ClN4O2. The summed E-state index contributed by atoms with van der Waals surface area (Å²) >= 11 is 6.21. The van der Waals surface area contributed by atoms with Crippen molar-refractivity contribution in [2.75, 3.05) is 57.2 Å². The highest BCUT2D eigenvalue weighted by atomic mass is 35.5. The number of ether oxygens (including phenoxy) is 1. The van der Waals surface area contributed by atoms with Crippen LogP contribution in [-0.2, 0) is 4.74 Å². The van der Waals surface area contributed by atoms with Crippen molar-refractivity contribution >= 4 is 29.0 Å². The van der Waals surface area contributed by atoms with Crippen LogP contribution in [0, 0.1) is 0 Å². The highest BCUT2D eigenvalue weighted by Gasteiger charge is 2.17. The van der Waals surface area contributed by atoms with E-state index in [4.69, 9.17) is 16.3 Å². The number of hydrogen-bond donors (Lipinski definition) is 2. The van der Waals surface area contributed by atoms with Crippen molar-refractivity contribution in [3.05, 3.63) is 23.2 Å². The number of hydrogen-bond acceptors (Lipinski definition) is 4. The topological polar surface area (TPSA) is 56.8 Å². The molecular weight excluding hydrogens is 316 g/mol. The predicted molar refractivity (Wildman–Crippen MR) is 94.7 cm³/mol. The second kappa shape index (κ2) is 8.38. The maximum atomic E-state index is 12.0. The van der Waals surface area contributed by atoms with Crippen molar-refractivity contribution in [2.24, 2.45) is 0 Å². The molecule has 7 heteroatoms. The van der Waals surface area contributed by atoms with Crippen LogP contribution in [-0.4, -0.2) is 63.9 Å². The van der Waals surface area contributed by atoms with Crippen LogP contribution in [0.4, 0.5) is 16.2 Å². The molecule has 0 aromatic heterocycles. The van der Waals surface area contributed by atoms with Gasteiger partial charge in [-0.1, -0.05) is 11.6 Å². The molecule has 0 radical (unpaired) electrons. The van der Waals surface area contributed by atoms with Crippen LogP contribution in [0.15, 0.2) is 18.2 Å². The lowest BCUT2D eigenvalue weighted by molar-refractivity contribution is 0.0209. The zero-order valence-electron chi connectivity index (χ0n) is 13.9. The minimum absolute atomic E-state index is 0.223. The summed E-state index contributed by atoms with van der Waals surface area (Å²) in [4.78, 5) is 16.2. The molecule has 6 nitrogen and oxygen atoms in total. The first-order chi connectivity index (χ1) is 11.0.